The first-order valence-electron chi connectivity index (χ1n) is 8.57. The minimum absolute atomic E-state index is 0.190. The summed E-state index contributed by atoms with van der Waals surface area (Å²) < 4.78 is 0. The third-order valence-corrected chi connectivity index (χ3v) is 4.82. The summed E-state index contributed by atoms with van der Waals surface area (Å²) in [4.78, 5) is 33.6. The molecule has 5 heteroatoms. The van der Waals surface area contributed by atoms with Crippen molar-refractivity contribution in [3.63, 3.8) is 0 Å². The van der Waals surface area contributed by atoms with E-state index >= 15 is 0 Å². The smallest absolute Gasteiger partial charge is 0.261 e. The Morgan fingerprint density at radius 2 is 1.75 bits per heavy atom. The van der Waals surface area contributed by atoms with Crippen LogP contribution >= 0.6 is 0 Å². The Kier molecular flexibility index (Phi) is 5.08. The first-order valence-corrected chi connectivity index (χ1v) is 8.57. The molecule has 1 aliphatic rings. The normalized spacial score (nSPS) is 15.7. The highest BCUT2D eigenvalue weighted by atomic mass is 16.2. The van der Waals surface area contributed by atoms with Crippen molar-refractivity contribution >= 4 is 5.91 Å². The van der Waals surface area contributed by atoms with Gasteiger partial charge in [-0.15, -0.1) is 0 Å². The second kappa shape index (κ2) is 7.43. The Labute approximate surface area is 141 Å². The maximum absolute atomic E-state index is 12.7. The summed E-state index contributed by atoms with van der Waals surface area (Å²) >= 11 is 0. The number of H-pyrrole nitrogens is 1. The molecule has 5 nitrogen and oxygen atoms in total. The molecular formula is C19H23N3O2. The zero-order valence-corrected chi connectivity index (χ0v) is 14.0. The van der Waals surface area contributed by atoms with Crippen molar-refractivity contribution in [2.24, 2.45) is 0 Å². The highest BCUT2D eigenvalue weighted by molar-refractivity contribution is 5.94. The Balaban J connectivity index is 1.81. The Morgan fingerprint density at radius 1 is 1.08 bits per heavy atom. The number of aromatic amines is 1. The summed E-state index contributed by atoms with van der Waals surface area (Å²) in [5, 5.41) is 0. The fourth-order valence-electron chi connectivity index (χ4n) is 3.34. The third-order valence-electron chi connectivity index (χ3n) is 4.82. The number of nitrogens with zero attached hydrogens (tertiary/aromatic N) is 2. The molecule has 0 radical (unpaired) electrons. The van der Waals surface area contributed by atoms with E-state index in [0.29, 0.717) is 5.69 Å². The number of aromatic nitrogens is 2. The van der Waals surface area contributed by atoms with Crippen molar-refractivity contribution in [3.8, 4) is 11.3 Å². The lowest BCUT2D eigenvalue weighted by molar-refractivity contribution is 0.0716. The van der Waals surface area contributed by atoms with E-state index in [1.54, 1.807) is 29.4 Å². The van der Waals surface area contributed by atoms with Crippen LogP contribution in [0.3, 0.4) is 0 Å². The van der Waals surface area contributed by atoms with Crippen LogP contribution in [0.2, 0.25) is 0 Å². The predicted octanol–water partition coefficient (Wildman–Crippen LogP) is 3.23. The number of carbonyl (C=O) groups excluding carboxylic acids is 1. The number of pyridine rings is 2. The maximum atomic E-state index is 12.7. The predicted molar refractivity (Wildman–Crippen MR) is 93.9 cm³/mol. The zero-order valence-electron chi connectivity index (χ0n) is 14.0. The summed E-state index contributed by atoms with van der Waals surface area (Å²) in [7, 11) is 1.81. The molecule has 0 aromatic carbocycles. The lowest BCUT2D eigenvalue weighted by Gasteiger charge is -2.27. The third kappa shape index (κ3) is 3.55. The average Bonchev–Trinajstić information content (AvgIpc) is 2.90. The van der Waals surface area contributed by atoms with Crippen molar-refractivity contribution in [1.82, 2.24) is 14.9 Å². The SMILES string of the molecule is CN(C(=O)c1ccc(-c2ccncc2)[nH]c1=O)C1CCCCCC1. The van der Waals surface area contributed by atoms with E-state index in [1.807, 2.05) is 19.2 Å². The standard InChI is InChI=1S/C19H23N3O2/c1-22(15-6-4-2-3-5-7-15)19(24)16-8-9-17(21-18(16)23)14-10-12-20-13-11-14/h8-13,15H,2-7H2,1H3,(H,21,23). The largest absolute Gasteiger partial charge is 0.339 e. The molecule has 2 aromatic heterocycles. The minimum Gasteiger partial charge on any atom is -0.339 e. The fourth-order valence-corrected chi connectivity index (χ4v) is 3.34. The zero-order chi connectivity index (χ0) is 16.9. The molecule has 0 aliphatic heterocycles. The molecule has 126 valence electrons. The summed E-state index contributed by atoms with van der Waals surface area (Å²) in [6.07, 6.45) is 10.2. The Hall–Kier alpha value is -2.43. The molecule has 0 saturated heterocycles. The van der Waals surface area contributed by atoms with Crippen LogP contribution in [0.15, 0.2) is 41.5 Å². The number of amides is 1. The molecule has 0 bridgehead atoms. The van der Waals surface area contributed by atoms with Crippen LogP contribution in [-0.2, 0) is 0 Å². The molecule has 0 atom stereocenters. The van der Waals surface area contributed by atoms with Gasteiger partial charge >= 0.3 is 0 Å². The van der Waals surface area contributed by atoms with E-state index in [4.69, 9.17) is 0 Å². The van der Waals surface area contributed by atoms with Crippen LogP contribution in [0.4, 0.5) is 0 Å². The fraction of sp³-hybridized carbons (Fsp3) is 0.421. The molecule has 1 amide bonds. The van der Waals surface area contributed by atoms with Gasteiger partial charge in [0, 0.05) is 36.7 Å². The first kappa shape index (κ1) is 16.4. The van der Waals surface area contributed by atoms with Crippen molar-refractivity contribution in [2.45, 2.75) is 44.6 Å². The minimum atomic E-state index is -0.338. The molecule has 1 fully saturated rings. The second-order valence-corrected chi connectivity index (χ2v) is 6.41. The van der Waals surface area contributed by atoms with Gasteiger partial charge in [0.2, 0.25) is 0 Å². The quantitative estimate of drug-likeness (QED) is 0.881. The van der Waals surface area contributed by atoms with Crippen molar-refractivity contribution < 1.29 is 4.79 Å². The maximum Gasteiger partial charge on any atom is 0.261 e. The lowest BCUT2D eigenvalue weighted by atomic mass is 10.1. The number of carbonyl (C=O) groups is 1. The van der Waals surface area contributed by atoms with E-state index in [9.17, 15) is 9.59 Å². The number of nitrogens with one attached hydrogen (secondary N) is 1. The molecule has 0 spiro atoms. The van der Waals surface area contributed by atoms with Gasteiger partial charge in [-0.3, -0.25) is 14.6 Å². The molecule has 0 unspecified atom stereocenters. The monoisotopic (exact) mass is 325 g/mol. The van der Waals surface area contributed by atoms with Crippen molar-refractivity contribution in [3.05, 3.63) is 52.6 Å². The number of hydrogen-bond acceptors (Lipinski definition) is 3. The van der Waals surface area contributed by atoms with Crippen LogP contribution in [0, 0.1) is 0 Å². The Morgan fingerprint density at radius 3 is 2.38 bits per heavy atom. The van der Waals surface area contributed by atoms with E-state index in [1.165, 1.54) is 12.8 Å². The highest BCUT2D eigenvalue weighted by Crippen LogP contribution is 2.22. The molecule has 1 saturated carbocycles. The van der Waals surface area contributed by atoms with Gasteiger partial charge in [-0.25, -0.2) is 0 Å². The second-order valence-electron chi connectivity index (χ2n) is 6.41. The molecular weight excluding hydrogens is 302 g/mol. The van der Waals surface area contributed by atoms with Gasteiger partial charge in [-0.05, 0) is 37.1 Å². The average molecular weight is 325 g/mol. The van der Waals surface area contributed by atoms with Crippen LogP contribution in [0.1, 0.15) is 48.9 Å². The molecule has 2 heterocycles. The molecule has 24 heavy (non-hydrogen) atoms. The molecule has 2 aromatic rings. The van der Waals surface area contributed by atoms with E-state index in [2.05, 4.69) is 9.97 Å². The van der Waals surface area contributed by atoms with Crippen LogP contribution in [-0.4, -0.2) is 33.9 Å². The van der Waals surface area contributed by atoms with Crippen molar-refractivity contribution in [1.29, 1.82) is 0 Å². The molecule has 1 aliphatic carbocycles. The van der Waals surface area contributed by atoms with E-state index < -0.39 is 0 Å². The first-order chi connectivity index (χ1) is 11.7. The topological polar surface area (TPSA) is 66.1 Å². The van der Waals surface area contributed by atoms with Gasteiger partial charge < -0.3 is 9.88 Å². The van der Waals surface area contributed by atoms with Gasteiger partial charge in [0.15, 0.2) is 0 Å². The molecule has 3 rings (SSSR count). The van der Waals surface area contributed by atoms with E-state index in [-0.39, 0.29) is 23.1 Å². The summed E-state index contributed by atoms with van der Waals surface area (Å²) in [6.45, 7) is 0. The Bertz CT molecular complexity index is 747. The highest BCUT2D eigenvalue weighted by Gasteiger charge is 2.24. The van der Waals surface area contributed by atoms with Crippen molar-refractivity contribution in [2.75, 3.05) is 7.05 Å². The summed E-state index contributed by atoms with van der Waals surface area (Å²) in [5.41, 5.74) is 1.43. The summed E-state index contributed by atoms with van der Waals surface area (Å²) in [5.74, 6) is -0.190. The van der Waals surface area contributed by atoms with Gasteiger partial charge in [0.25, 0.3) is 11.5 Å². The summed E-state index contributed by atoms with van der Waals surface area (Å²) in [6, 6.07) is 7.29. The van der Waals surface area contributed by atoms with Crippen LogP contribution < -0.4 is 5.56 Å². The lowest BCUT2D eigenvalue weighted by Crippen LogP contribution is -2.39. The van der Waals surface area contributed by atoms with Gasteiger partial charge in [0.05, 0.1) is 0 Å². The van der Waals surface area contributed by atoms with Gasteiger partial charge in [-0.1, -0.05) is 25.7 Å². The van der Waals surface area contributed by atoms with E-state index in [0.717, 1.165) is 31.2 Å². The van der Waals surface area contributed by atoms with Gasteiger partial charge in [-0.2, -0.15) is 0 Å². The number of hydrogen-bond donors (Lipinski definition) is 1. The molecule has 1 N–H and O–H groups in total. The van der Waals surface area contributed by atoms with Crippen LogP contribution in [0.25, 0.3) is 11.3 Å². The van der Waals surface area contributed by atoms with Gasteiger partial charge in [0.1, 0.15) is 5.56 Å². The number of rotatable bonds is 3. The van der Waals surface area contributed by atoms with Crippen LogP contribution in [0.5, 0.6) is 0 Å².